The molecular formula is C19H20N2O3. The van der Waals surface area contributed by atoms with E-state index in [1.807, 2.05) is 12.1 Å². The molecule has 2 aromatic carbocycles. The Bertz CT molecular complexity index is 637. The van der Waals surface area contributed by atoms with Crippen molar-refractivity contribution in [2.24, 2.45) is 0 Å². The molecule has 1 aliphatic heterocycles. The van der Waals surface area contributed by atoms with Gasteiger partial charge in [0.2, 0.25) is 0 Å². The van der Waals surface area contributed by atoms with E-state index in [2.05, 4.69) is 53.4 Å². The third-order valence-corrected chi connectivity index (χ3v) is 3.72. The highest BCUT2D eigenvalue weighted by Gasteiger charge is 2.32. The highest BCUT2D eigenvalue weighted by atomic mass is 16.4. The van der Waals surface area contributed by atoms with E-state index in [-0.39, 0.29) is 12.1 Å². The minimum Gasteiger partial charge on any atom is -0.480 e. The number of carboxylic acid groups (broad SMARTS) is 1. The van der Waals surface area contributed by atoms with Gasteiger partial charge in [0.1, 0.15) is 6.42 Å². The maximum atomic E-state index is 9.52. The zero-order valence-corrected chi connectivity index (χ0v) is 13.2. The molecule has 2 aromatic rings. The van der Waals surface area contributed by atoms with E-state index in [1.54, 1.807) is 0 Å². The number of nitriles is 1. The van der Waals surface area contributed by atoms with Crippen LogP contribution in [0.5, 0.6) is 0 Å². The van der Waals surface area contributed by atoms with Gasteiger partial charge in [0.25, 0.3) is 0 Å². The molecule has 0 spiro atoms. The van der Waals surface area contributed by atoms with Crippen molar-refractivity contribution in [3.8, 4) is 6.07 Å². The predicted octanol–water partition coefficient (Wildman–Crippen LogP) is 2.44. The maximum absolute atomic E-state index is 9.52. The molecule has 1 fully saturated rings. The highest BCUT2D eigenvalue weighted by Crippen LogP contribution is 2.31. The van der Waals surface area contributed by atoms with Gasteiger partial charge in [-0.1, -0.05) is 60.7 Å². The first-order valence-corrected chi connectivity index (χ1v) is 7.72. The van der Waals surface area contributed by atoms with Gasteiger partial charge in [-0.2, -0.15) is 5.26 Å². The molecule has 0 saturated carbocycles. The van der Waals surface area contributed by atoms with E-state index in [0.717, 1.165) is 13.1 Å². The summed E-state index contributed by atoms with van der Waals surface area (Å²) in [6, 6.07) is 22.7. The summed E-state index contributed by atoms with van der Waals surface area (Å²) in [4.78, 5) is 11.7. The molecule has 1 heterocycles. The Balaban J connectivity index is 0.000000301. The van der Waals surface area contributed by atoms with Crippen LogP contribution in [-0.2, 0) is 4.79 Å². The zero-order valence-electron chi connectivity index (χ0n) is 13.2. The van der Waals surface area contributed by atoms with E-state index in [1.165, 1.54) is 17.2 Å². The molecule has 0 unspecified atom stereocenters. The van der Waals surface area contributed by atoms with Crippen molar-refractivity contribution in [1.29, 1.82) is 5.26 Å². The molecule has 0 radical (unpaired) electrons. The second kappa shape index (κ2) is 8.82. The molecule has 0 amide bonds. The number of carboxylic acids is 1. The third-order valence-electron chi connectivity index (χ3n) is 3.72. The van der Waals surface area contributed by atoms with E-state index >= 15 is 0 Å². The zero-order chi connectivity index (χ0) is 17.4. The summed E-state index contributed by atoms with van der Waals surface area (Å²) in [7, 11) is 0. The predicted molar refractivity (Wildman–Crippen MR) is 90.2 cm³/mol. The lowest BCUT2D eigenvalue weighted by atomic mass is 9.94. The summed E-state index contributed by atoms with van der Waals surface area (Å²) in [6.07, 6.45) is -0.570. The van der Waals surface area contributed by atoms with Gasteiger partial charge in [-0.25, -0.2) is 0 Å². The van der Waals surface area contributed by atoms with E-state index < -0.39 is 12.4 Å². The summed E-state index contributed by atoms with van der Waals surface area (Å²) < 4.78 is 0. The van der Waals surface area contributed by atoms with Crippen molar-refractivity contribution >= 4 is 5.97 Å². The fourth-order valence-electron chi connectivity index (χ4n) is 2.65. The van der Waals surface area contributed by atoms with Gasteiger partial charge in [0.05, 0.1) is 18.2 Å². The van der Waals surface area contributed by atoms with Gasteiger partial charge in [-0.3, -0.25) is 9.69 Å². The van der Waals surface area contributed by atoms with Gasteiger partial charge in [-0.15, -0.1) is 0 Å². The molecule has 0 aromatic heterocycles. The van der Waals surface area contributed by atoms with Crippen molar-refractivity contribution in [3.63, 3.8) is 0 Å². The number of nitrogens with zero attached hydrogens (tertiary/aromatic N) is 2. The lowest BCUT2D eigenvalue weighted by Gasteiger charge is -2.42. The molecule has 1 saturated heterocycles. The summed E-state index contributed by atoms with van der Waals surface area (Å²) in [5.74, 6) is -1.07. The number of carbonyl (C=O) groups is 1. The van der Waals surface area contributed by atoms with Crippen molar-refractivity contribution in [3.05, 3.63) is 71.8 Å². The lowest BCUT2D eigenvalue weighted by molar-refractivity contribution is -0.135. The summed E-state index contributed by atoms with van der Waals surface area (Å²) in [5, 5.41) is 24.8. The van der Waals surface area contributed by atoms with Gasteiger partial charge in [-0.05, 0) is 11.1 Å². The first-order chi connectivity index (χ1) is 11.6. The molecule has 5 heteroatoms. The molecule has 124 valence electrons. The lowest BCUT2D eigenvalue weighted by Crippen LogP contribution is -2.52. The van der Waals surface area contributed by atoms with Crippen LogP contribution in [0.1, 0.15) is 23.6 Å². The minimum atomic E-state index is -1.07. The van der Waals surface area contributed by atoms with Gasteiger partial charge >= 0.3 is 5.97 Å². The van der Waals surface area contributed by atoms with Gasteiger partial charge < -0.3 is 10.2 Å². The van der Waals surface area contributed by atoms with Crippen LogP contribution in [0, 0.1) is 11.3 Å². The molecule has 5 nitrogen and oxygen atoms in total. The number of aliphatic carboxylic acids is 1. The van der Waals surface area contributed by atoms with Gasteiger partial charge in [0.15, 0.2) is 0 Å². The van der Waals surface area contributed by atoms with Crippen LogP contribution < -0.4 is 0 Å². The minimum absolute atomic E-state index is 0.167. The Morgan fingerprint density at radius 1 is 1.08 bits per heavy atom. The maximum Gasteiger partial charge on any atom is 0.317 e. The van der Waals surface area contributed by atoms with Crippen LogP contribution in [0.25, 0.3) is 0 Å². The molecule has 0 aliphatic carbocycles. The van der Waals surface area contributed by atoms with Crippen LogP contribution in [0.2, 0.25) is 0 Å². The summed E-state index contributed by atoms with van der Waals surface area (Å²) in [5.41, 5.74) is 2.58. The van der Waals surface area contributed by atoms with Crippen molar-refractivity contribution in [2.45, 2.75) is 18.6 Å². The van der Waals surface area contributed by atoms with Crippen LogP contribution in [0.4, 0.5) is 0 Å². The molecule has 1 aliphatic rings. The van der Waals surface area contributed by atoms with Crippen molar-refractivity contribution in [2.75, 3.05) is 13.1 Å². The fraction of sp³-hybridized carbons (Fsp3) is 0.263. The number of rotatable bonds is 4. The third kappa shape index (κ3) is 4.92. The van der Waals surface area contributed by atoms with Crippen LogP contribution in [0.15, 0.2) is 60.7 Å². The second-order valence-corrected chi connectivity index (χ2v) is 5.56. The average molecular weight is 324 g/mol. The molecular weight excluding hydrogens is 304 g/mol. The van der Waals surface area contributed by atoms with E-state index in [9.17, 15) is 9.90 Å². The average Bonchev–Trinajstić information content (AvgIpc) is 2.56. The number of aliphatic hydroxyl groups is 1. The number of β-amino-alcohol motifs (C(OH)–C–C–N with tert-alkyl or cyclic N) is 1. The quantitative estimate of drug-likeness (QED) is 0.902. The topological polar surface area (TPSA) is 84.6 Å². The molecule has 0 bridgehead atoms. The van der Waals surface area contributed by atoms with E-state index in [0.29, 0.717) is 0 Å². The van der Waals surface area contributed by atoms with Crippen molar-refractivity contribution < 1.29 is 15.0 Å². The fourth-order valence-corrected chi connectivity index (χ4v) is 2.65. The van der Waals surface area contributed by atoms with Gasteiger partial charge in [0, 0.05) is 13.1 Å². The Labute approximate surface area is 141 Å². The van der Waals surface area contributed by atoms with Crippen LogP contribution >= 0.6 is 0 Å². The monoisotopic (exact) mass is 324 g/mol. The standard InChI is InChI=1S/C16H17NO.C3H3NO2/c18-15-11-17(12-15)16(13-7-3-1-4-8-13)14-9-5-2-6-10-14;4-2-1-3(5)6/h1-10,15-16,18H,11-12H2;1H2,(H,5,6). The first-order valence-electron chi connectivity index (χ1n) is 7.72. The Hall–Kier alpha value is -2.68. The largest absolute Gasteiger partial charge is 0.480 e. The first kappa shape index (κ1) is 17.7. The smallest absolute Gasteiger partial charge is 0.317 e. The SMILES string of the molecule is N#CCC(=O)O.OC1CN(C(c2ccccc2)c2ccccc2)C1. The Morgan fingerprint density at radius 3 is 1.83 bits per heavy atom. The second-order valence-electron chi connectivity index (χ2n) is 5.56. The molecule has 3 rings (SSSR count). The molecule has 0 atom stereocenters. The summed E-state index contributed by atoms with van der Waals surface area (Å²) in [6.45, 7) is 1.52. The Kier molecular flexibility index (Phi) is 6.50. The molecule has 24 heavy (non-hydrogen) atoms. The number of likely N-dealkylation sites (tertiary alicyclic amines) is 1. The number of benzene rings is 2. The van der Waals surface area contributed by atoms with E-state index in [4.69, 9.17) is 10.4 Å². The van der Waals surface area contributed by atoms with Crippen LogP contribution in [0.3, 0.4) is 0 Å². The number of hydrogen-bond acceptors (Lipinski definition) is 4. The highest BCUT2D eigenvalue weighted by molar-refractivity contribution is 5.69. The molecule has 2 N–H and O–H groups in total. The number of hydrogen-bond donors (Lipinski definition) is 2. The number of aliphatic hydroxyl groups excluding tert-OH is 1. The van der Waals surface area contributed by atoms with Crippen molar-refractivity contribution in [1.82, 2.24) is 4.90 Å². The van der Waals surface area contributed by atoms with Crippen LogP contribution in [-0.4, -0.2) is 40.3 Å². The Morgan fingerprint density at radius 2 is 1.54 bits per heavy atom. The normalized spacial score (nSPS) is 14.2. The summed E-state index contributed by atoms with van der Waals surface area (Å²) >= 11 is 0.